The zero-order valence-electron chi connectivity index (χ0n) is 18.1. The number of rotatable bonds is 4. The molecule has 0 saturated heterocycles. The molecule has 2 aromatic carbocycles. The molecule has 0 bridgehead atoms. The van der Waals surface area contributed by atoms with Crippen molar-refractivity contribution in [1.29, 1.82) is 0 Å². The van der Waals surface area contributed by atoms with Crippen molar-refractivity contribution in [1.82, 2.24) is 4.57 Å². The molecule has 1 aromatic heterocycles. The average Bonchev–Trinajstić information content (AvgIpc) is 3.37. The minimum absolute atomic E-state index is 0.119. The monoisotopic (exact) mass is 516 g/mol. The van der Waals surface area contributed by atoms with Gasteiger partial charge in [-0.1, -0.05) is 46.7 Å². The number of carbonyl (C=O) groups is 1. The molecule has 0 fully saturated rings. The predicted molar refractivity (Wildman–Crippen MR) is 129 cm³/mol. The van der Waals surface area contributed by atoms with Gasteiger partial charge in [-0.3, -0.25) is 9.36 Å². The lowest BCUT2D eigenvalue weighted by molar-refractivity contribution is -0.139. The molecule has 10 heteroatoms. The first kappa shape index (κ1) is 22.7. The second-order valence-corrected chi connectivity index (χ2v) is 9.43. The summed E-state index contributed by atoms with van der Waals surface area (Å²) in [7, 11) is 0. The Bertz CT molecular complexity index is 1520. The topological polar surface area (TPSA) is 79.1 Å². The number of halogens is 2. The van der Waals surface area contributed by atoms with Gasteiger partial charge in [0, 0.05) is 11.1 Å². The maximum Gasteiger partial charge on any atom is 0.338 e. The van der Waals surface area contributed by atoms with E-state index in [2.05, 4.69) is 4.99 Å². The SMILES string of the molecule is CCOC(=O)C1=C(C)N=c2sc(=Cc3cc4c(cc3Cl)OCO4)c(=O)n2[C@@H]1c1ccc(Cl)cc1. The molecular formula is C24H18Cl2N2O5S. The minimum atomic E-state index is -0.707. The van der Waals surface area contributed by atoms with E-state index in [1.807, 2.05) is 0 Å². The third-order valence-electron chi connectivity index (χ3n) is 5.48. The van der Waals surface area contributed by atoms with Crippen molar-refractivity contribution in [2.24, 2.45) is 4.99 Å². The molecule has 174 valence electrons. The minimum Gasteiger partial charge on any atom is -0.463 e. The van der Waals surface area contributed by atoms with Crippen molar-refractivity contribution in [3.63, 3.8) is 0 Å². The number of hydrogen-bond donors (Lipinski definition) is 0. The molecule has 0 aliphatic carbocycles. The van der Waals surface area contributed by atoms with Crippen molar-refractivity contribution in [2.45, 2.75) is 19.9 Å². The van der Waals surface area contributed by atoms with Gasteiger partial charge in [0.2, 0.25) is 6.79 Å². The van der Waals surface area contributed by atoms with Crippen molar-refractivity contribution in [3.05, 3.63) is 88.5 Å². The zero-order chi connectivity index (χ0) is 24.0. The summed E-state index contributed by atoms with van der Waals surface area (Å²) in [5.41, 5.74) is 1.83. The highest BCUT2D eigenvalue weighted by Gasteiger charge is 2.33. The number of esters is 1. The van der Waals surface area contributed by atoms with Gasteiger partial charge in [0.15, 0.2) is 16.3 Å². The molecule has 2 aliphatic heterocycles. The number of thiazole rings is 1. The standard InChI is InChI=1S/C24H18Cl2N2O5S/c1-3-31-23(30)20-12(2)27-24-28(21(20)13-4-6-15(25)7-5-13)22(29)19(34-24)9-14-8-17-18(10-16(14)26)33-11-32-17/h4-10,21H,3,11H2,1-2H3/t21-/m1/s1. The van der Waals surface area contributed by atoms with Gasteiger partial charge in [-0.25, -0.2) is 9.79 Å². The first-order valence-electron chi connectivity index (χ1n) is 10.4. The third kappa shape index (κ3) is 3.91. The fraction of sp³-hybridized carbons (Fsp3) is 0.208. The van der Waals surface area contributed by atoms with Crippen LogP contribution in [0, 0.1) is 0 Å². The van der Waals surface area contributed by atoms with Gasteiger partial charge in [-0.2, -0.15) is 0 Å². The second kappa shape index (κ2) is 8.94. The van der Waals surface area contributed by atoms with E-state index in [0.29, 0.717) is 47.7 Å². The Balaban J connectivity index is 1.71. The first-order valence-corrected chi connectivity index (χ1v) is 12.0. The van der Waals surface area contributed by atoms with E-state index in [0.717, 1.165) is 5.56 Å². The zero-order valence-corrected chi connectivity index (χ0v) is 20.5. The molecule has 0 amide bonds. The molecule has 2 aliphatic rings. The summed E-state index contributed by atoms with van der Waals surface area (Å²) in [5.74, 6) is 0.598. The van der Waals surface area contributed by atoms with Gasteiger partial charge in [-0.15, -0.1) is 0 Å². The number of fused-ring (bicyclic) bond motifs is 2. The third-order valence-corrected chi connectivity index (χ3v) is 7.04. The van der Waals surface area contributed by atoms with Crippen molar-refractivity contribution in [3.8, 4) is 11.5 Å². The van der Waals surface area contributed by atoms with Crippen LogP contribution in [0.15, 0.2) is 57.5 Å². The van der Waals surface area contributed by atoms with Crippen LogP contribution in [0.25, 0.3) is 6.08 Å². The molecule has 0 N–H and O–H groups in total. The fourth-order valence-corrected chi connectivity index (χ4v) is 5.31. The van der Waals surface area contributed by atoms with Gasteiger partial charge >= 0.3 is 5.97 Å². The molecule has 0 radical (unpaired) electrons. The van der Waals surface area contributed by atoms with Crippen molar-refractivity contribution < 1.29 is 19.0 Å². The molecule has 0 saturated carbocycles. The molecule has 34 heavy (non-hydrogen) atoms. The van der Waals surface area contributed by atoms with Crippen LogP contribution in [-0.2, 0) is 9.53 Å². The Morgan fingerprint density at radius 2 is 1.94 bits per heavy atom. The summed E-state index contributed by atoms with van der Waals surface area (Å²) < 4.78 is 18.0. The molecule has 1 atom stereocenters. The lowest BCUT2D eigenvalue weighted by atomic mass is 9.96. The molecular weight excluding hydrogens is 499 g/mol. The largest absolute Gasteiger partial charge is 0.463 e. The lowest BCUT2D eigenvalue weighted by Gasteiger charge is -2.24. The summed E-state index contributed by atoms with van der Waals surface area (Å²) in [5, 5.41) is 0.972. The van der Waals surface area contributed by atoms with Crippen LogP contribution in [0.3, 0.4) is 0 Å². The van der Waals surface area contributed by atoms with Gasteiger partial charge in [-0.05, 0) is 49.2 Å². The van der Waals surface area contributed by atoms with E-state index < -0.39 is 12.0 Å². The Morgan fingerprint density at radius 3 is 2.65 bits per heavy atom. The van der Waals surface area contributed by atoms with Gasteiger partial charge in [0.05, 0.1) is 33.5 Å². The highest BCUT2D eigenvalue weighted by atomic mass is 35.5. The van der Waals surface area contributed by atoms with E-state index in [-0.39, 0.29) is 19.0 Å². The summed E-state index contributed by atoms with van der Waals surface area (Å²) in [6, 6.07) is 9.70. The van der Waals surface area contributed by atoms with Crippen molar-refractivity contribution in [2.75, 3.05) is 13.4 Å². The van der Waals surface area contributed by atoms with E-state index in [9.17, 15) is 9.59 Å². The lowest BCUT2D eigenvalue weighted by Crippen LogP contribution is -2.39. The number of benzene rings is 2. The maximum atomic E-state index is 13.6. The smallest absolute Gasteiger partial charge is 0.338 e. The highest BCUT2D eigenvalue weighted by Crippen LogP contribution is 2.37. The summed E-state index contributed by atoms with van der Waals surface area (Å²) in [6.45, 7) is 3.79. The number of ether oxygens (including phenoxy) is 3. The number of allylic oxidation sites excluding steroid dienone is 1. The normalized spacial score (nSPS) is 16.9. The highest BCUT2D eigenvalue weighted by molar-refractivity contribution is 7.07. The number of nitrogens with zero attached hydrogens (tertiary/aromatic N) is 2. The van der Waals surface area contributed by atoms with Crippen LogP contribution >= 0.6 is 34.5 Å². The maximum absolute atomic E-state index is 13.6. The Labute approximate surface area is 208 Å². The van der Waals surface area contributed by atoms with Crippen LogP contribution in [0.5, 0.6) is 11.5 Å². The summed E-state index contributed by atoms with van der Waals surface area (Å²) in [6.07, 6.45) is 1.69. The van der Waals surface area contributed by atoms with E-state index in [4.69, 9.17) is 37.4 Å². The average molecular weight is 517 g/mol. The van der Waals surface area contributed by atoms with Gasteiger partial charge in [0.25, 0.3) is 5.56 Å². The van der Waals surface area contributed by atoms with E-state index in [1.165, 1.54) is 15.9 Å². The van der Waals surface area contributed by atoms with Crippen LogP contribution in [0.2, 0.25) is 10.0 Å². The summed E-state index contributed by atoms with van der Waals surface area (Å²) in [4.78, 5) is 31.6. The van der Waals surface area contributed by atoms with Crippen LogP contribution in [-0.4, -0.2) is 23.9 Å². The van der Waals surface area contributed by atoms with E-state index >= 15 is 0 Å². The van der Waals surface area contributed by atoms with Crippen LogP contribution in [0.1, 0.15) is 31.0 Å². The fourth-order valence-electron chi connectivity index (χ4n) is 3.94. The first-order chi connectivity index (χ1) is 16.4. The molecule has 3 heterocycles. The second-order valence-electron chi connectivity index (χ2n) is 7.58. The Morgan fingerprint density at radius 1 is 1.24 bits per heavy atom. The predicted octanol–water partition coefficient (Wildman–Crippen LogP) is 3.83. The van der Waals surface area contributed by atoms with Crippen LogP contribution in [0.4, 0.5) is 0 Å². The number of carbonyl (C=O) groups excluding carboxylic acids is 1. The molecule has 0 spiro atoms. The summed E-state index contributed by atoms with van der Waals surface area (Å²) >= 11 is 13.7. The van der Waals surface area contributed by atoms with Gasteiger partial charge in [0.1, 0.15) is 0 Å². The molecule has 3 aromatic rings. The van der Waals surface area contributed by atoms with E-state index in [1.54, 1.807) is 56.3 Å². The van der Waals surface area contributed by atoms with Crippen LogP contribution < -0.4 is 24.4 Å². The molecule has 0 unspecified atom stereocenters. The van der Waals surface area contributed by atoms with Crippen molar-refractivity contribution >= 4 is 46.6 Å². The number of hydrogen-bond acceptors (Lipinski definition) is 7. The molecule has 5 rings (SSSR count). The number of aromatic nitrogens is 1. The van der Waals surface area contributed by atoms with Gasteiger partial charge < -0.3 is 14.2 Å². The Kier molecular flexibility index (Phi) is 5.97. The Hall–Kier alpha value is -3.07. The molecule has 7 nitrogen and oxygen atoms in total. The quantitative estimate of drug-likeness (QED) is 0.492.